The fraction of sp³-hybridized carbons (Fsp3) is 0.300. The molecule has 5 heteroatoms. The third-order valence-corrected chi connectivity index (χ3v) is 3.67. The molecule has 2 N–H and O–H groups in total. The molecule has 0 unspecified atom stereocenters. The molecule has 0 spiro atoms. The number of aryl methyl sites for hydroxylation is 2. The predicted molar refractivity (Wildman–Crippen MR) is 99.1 cm³/mol. The molecule has 0 atom stereocenters. The molecule has 0 saturated carbocycles. The number of amides is 2. The van der Waals surface area contributed by atoms with E-state index in [2.05, 4.69) is 10.6 Å². The molecular formula is C20H24N2O3. The van der Waals surface area contributed by atoms with Crippen LogP contribution in [0.1, 0.15) is 34.8 Å². The van der Waals surface area contributed by atoms with Gasteiger partial charge in [-0.1, -0.05) is 36.8 Å². The third-order valence-electron chi connectivity index (χ3n) is 3.67. The van der Waals surface area contributed by atoms with Crippen molar-refractivity contribution in [1.82, 2.24) is 5.32 Å². The van der Waals surface area contributed by atoms with Gasteiger partial charge in [0.15, 0.2) is 6.61 Å². The number of hydrogen-bond donors (Lipinski definition) is 2. The minimum atomic E-state index is -0.310. The number of hydrogen-bond acceptors (Lipinski definition) is 3. The Hall–Kier alpha value is -2.82. The number of carbonyl (C=O) groups is 2. The molecule has 0 saturated heterocycles. The van der Waals surface area contributed by atoms with E-state index < -0.39 is 0 Å². The molecule has 2 aromatic rings. The highest BCUT2D eigenvalue weighted by molar-refractivity contribution is 6.04. The summed E-state index contributed by atoms with van der Waals surface area (Å²) in [5.41, 5.74) is 3.04. The summed E-state index contributed by atoms with van der Waals surface area (Å²) in [6.45, 7) is 6.40. The van der Waals surface area contributed by atoms with Crippen LogP contribution in [0.25, 0.3) is 0 Å². The highest BCUT2D eigenvalue weighted by atomic mass is 16.5. The number of anilines is 1. The average Bonchev–Trinajstić information content (AvgIpc) is 2.59. The monoisotopic (exact) mass is 340 g/mol. The molecule has 0 fully saturated rings. The Morgan fingerprint density at radius 2 is 1.84 bits per heavy atom. The van der Waals surface area contributed by atoms with Crippen LogP contribution in [0.3, 0.4) is 0 Å². The molecule has 2 amide bonds. The number of nitrogens with one attached hydrogen (secondary N) is 2. The van der Waals surface area contributed by atoms with E-state index >= 15 is 0 Å². The lowest BCUT2D eigenvalue weighted by Gasteiger charge is -2.12. The van der Waals surface area contributed by atoms with Gasteiger partial charge in [-0.05, 0) is 44.0 Å². The van der Waals surface area contributed by atoms with Crippen LogP contribution in [0.15, 0.2) is 42.5 Å². The second-order valence-corrected chi connectivity index (χ2v) is 5.91. The first-order valence-electron chi connectivity index (χ1n) is 8.38. The van der Waals surface area contributed by atoms with E-state index in [0.29, 0.717) is 23.5 Å². The van der Waals surface area contributed by atoms with Gasteiger partial charge in [0.25, 0.3) is 11.8 Å². The van der Waals surface area contributed by atoms with Crippen molar-refractivity contribution in [2.75, 3.05) is 18.5 Å². The fourth-order valence-electron chi connectivity index (χ4n) is 2.41. The van der Waals surface area contributed by atoms with Gasteiger partial charge in [-0.2, -0.15) is 0 Å². The molecule has 25 heavy (non-hydrogen) atoms. The summed E-state index contributed by atoms with van der Waals surface area (Å²) >= 11 is 0. The second-order valence-electron chi connectivity index (χ2n) is 5.91. The van der Waals surface area contributed by atoms with Gasteiger partial charge in [0.05, 0.1) is 11.3 Å². The molecule has 0 aliphatic heterocycles. The van der Waals surface area contributed by atoms with Crippen molar-refractivity contribution in [1.29, 1.82) is 0 Å². The quantitative estimate of drug-likeness (QED) is 0.811. The van der Waals surface area contributed by atoms with Gasteiger partial charge in [-0.25, -0.2) is 0 Å². The lowest BCUT2D eigenvalue weighted by molar-refractivity contribution is -0.118. The Kier molecular flexibility index (Phi) is 6.57. The van der Waals surface area contributed by atoms with Crippen molar-refractivity contribution in [3.8, 4) is 5.75 Å². The van der Waals surface area contributed by atoms with E-state index in [1.807, 2.05) is 39.0 Å². The smallest absolute Gasteiger partial charge is 0.262 e. The zero-order valence-electron chi connectivity index (χ0n) is 14.9. The Morgan fingerprint density at radius 1 is 1.08 bits per heavy atom. The van der Waals surface area contributed by atoms with Crippen LogP contribution in [0, 0.1) is 13.8 Å². The van der Waals surface area contributed by atoms with Crippen LogP contribution in [0.2, 0.25) is 0 Å². The molecule has 132 valence electrons. The van der Waals surface area contributed by atoms with Gasteiger partial charge >= 0.3 is 0 Å². The second kappa shape index (κ2) is 8.87. The van der Waals surface area contributed by atoms with Gasteiger partial charge < -0.3 is 15.4 Å². The molecule has 5 nitrogen and oxygen atoms in total. The number of benzene rings is 2. The van der Waals surface area contributed by atoms with Crippen molar-refractivity contribution in [2.24, 2.45) is 0 Å². The SMILES string of the molecule is CCCNC(=O)c1ccccc1NC(=O)COc1ccc(C)cc1C. The van der Waals surface area contributed by atoms with Crippen LogP contribution < -0.4 is 15.4 Å². The number of rotatable bonds is 7. The lowest BCUT2D eigenvalue weighted by atomic mass is 10.1. The van der Waals surface area contributed by atoms with Gasteiger partial charge in [0.2, 0.25) is 0 Å². The van der Waals surface area contributed by atoms with Crippen molar-refractivity contribution < 1.29 is 14.3 Å². The molecule has 0 bridgehead atoms. The molecule has 0 radical (unpaired) electrons. The summed E-state index contributed by atoms with van der Waals surface area (Å²) < 4.78 is 5.58. The Labute approximate surface area is 148 Å². The predicted octanol–water partition coefficient (Wildman–Crippen LogP) is 3.46. The van der Waals surface area contributed by atoms with Crippen molar-refractivity contribution in [2.45, 2.75) is 27.2 Å². The van der Waals surface area contributed by atoms with Crippen LogP contribution >= 0.6 is 0 Å². The topological polar surface area (TPSA) is 67.4 Å². The van der Waals surface area contributed by atoms with Crippen LogP contribution in [0.5, 0.6) is 5.75 Å². The minimum absolute atomic E-state index is 0.116. The number of carbonyl (C=O) groups excluding carboxylic acids is 2. The normalized spacial score (nSPS) is 10.2. The molecular weight excluding hydrogens is 316 g/mol. The summed E-state index contributed by atoms with van der Waals surface area (Å²) in [6.07, 6.45) is 0.851. The molecule has 2 aromatic carbocycles. The first kappa shape index (κ1) is 18.5. The summed E-state index contributed by atoms with van der Waals surface area (Å²) in [7, 11) is 0. The first-order valence-corrected chi connectivity index (χ1v) is 8.38. The summed E-state index contributed by atoms with van der Waals surface area (Å²) in [5.74, 6) is 0.165. The minimum Gasteiger partial charge on any atom is -0.483 e. The van der Waals surface area contributed by atoms with Crippen LogP contribution in [0.4, 0.5) is 5.69 Å². The summed E-state index contributed by atoms with van der Waals surface area (Å²) in [6, 6.07) is 12.7. The maximum atomic E-state index is 12.2. The van der Waals surface area contributed by atoms with E-state index in [1.54, 1.807) is 24.3 Å². The Morgan fingerprint density at radius 3 is 2.56 bits per heavy atom. The maximum absolute atomic E-state index is 12.2. The molecule has 0 aliphatic rings. The van der Waals surface area contributed by atoms with E-state index in [4.69, 9.17) is 4.74 Å². The van der Waals surface area contributed by atoms with Crippen LogP contribution in [-0.4, -0.2) is 25.0 Å². The lowest BCUT2D eigenvalue weighted by Crippen LogP contribution is -2.27. The Bertz CT molecular complexity index is 756. The van der Waals surface area contributed by atoms with Crippen molar-refractivity contribution >= 4 is 17.5 Å². The largest absolute Gasteiger partial charge is 0.483 e. The maximum Gasteiger partial charge on any atom is 0.262 e. The first-order chi connectivity index (χ1) is 12.0. The number of ether oxygens (including phenoxy) is 1. The average molecular weight is 340 g/mol. The molecule has 2 rings (SSSR count). The summed E-state index contributed by atoms with van der Waals surface area (Å²) in [5, 5.41) is 5.56. The molecule has 0 heterocycles. The molecule has 0 aliphatic carbocycles. The van der Waals surface area contributed by atoms with Gasteiger partial charge in [-0.15, -0.1) is 0 Å². The van der Waals surface area contributed by atoms with Crippen molar-refractivity contribution in [3.63, 3.8) is 0 Å². The third kappa shape index (κ3) is 5.35. The fourth-order valence-corrected chi connectivity index (χ4v) is 2.41. The highest BCUT2D eigenvalue weighted by Crippen LogP contribution is 2.19. The standard InChI is InChI=1S/C20H24N2O3/c1-4-11-21-20(24)16-7-5-6-8-17(16)22-19(23)13-25-18-10-9-14(2)12-15(18)3/h5-10,12H,4,11,13H2,1-3H3,(H,21,24)(H,22,23). The van der Waals surface area contributed by atoms with Gasteiger partial charge in [0.1, 0.15) is 5.75 Å². The van der Waals surface area contributed by atoms with Crippen LogP contribution in [-0.2, 0) is 4.79 Å². The zero-order valence-corrected chi connectivity index (χ0v) is 14.9. The zero-order chi connectivity index (χ0) is 18.2. The van der Waals surface area contributed by atoms with Gasteiger partial charge in [-0.3, -0.25) is 9.59 Å². The van der Waals surface area contributed by atoms with E-state index in [0.717, 1.165) is 17.5 Å². The summed E-state index contributed by atoms with van der Waals surface area (Å²) in [4.78, 5) is 24.4. The number of para-hydroxylation sites is 1. The van der Waals surface area contributed by atoms with E-state index in [9.17, 15) is 9.59 Å². The van der Waals surface area contributed by atoms with E-state index in [1.165, 1.54) is 0 Å². The van der Waals surface area contributed by atoms with E-state index in [-0.39, 0.29) is 18.4 Å². The highest BCUT2D eigenvalue weighted by Gasteiger charge is 2.13. The Balaban J connectivity index is 1.99. The molecule has 0 aromatic heterocycles. The van der Waals surface area contributed by atoms with Crippen molar-refractivity contribution in [3.05, 3.63) is 59.2 Å². The van der Waals surface area contributed by atoms with Gasteiger partial charge in [0, 0.05) is 6.54 Å².